The van der Waals surface area contributed by atoms with Crippen molar-refractivity contribution in [2.75, 3.05) is 0 Å². The number of hydrogen-bond donors (Lipinski definition) is 1. The van der Waals surface area contributed by atoms with Crippen molar-refractivity contribution >= 4 is 17.0 Å². The zero-order chi connectivity index (χ0) is 18.4. The van der Waals surface area contributed by atoms with Crippen molar-refractivity contribution in [2.24, 2.45) is 0 Å². The molecule has 1 unspecified atom stereocenters. The molecule has 3 heterocycles. The molecule has 0 radical (unpaired) electrons. The minimum atomic E-state index is -1.22. The van der Waals surface area contributed by atoms with Gasteiger partial charge in [0.2, 0.25) is 0 Å². The summed E-state index contributed by atoms with van der Waals surface area (Å²) < 4.78 is 30.5. The molecule has 0 bridgehead atoms. The van der Waals surface area contributed by atoms with Crippen LogP contribution in [0.3, 0.4) is 0 Å². The standard InChI is InChI=1S/C20H16F2N2OS/c1-11-20(16-4-3-9-26-16)23-17-8-5-13(10-24(11)17)14-6-7-15(21)18(12(2)25)19(14)22/h3-10,12,25H,1-2H3. The van der Waals surface area contributed by atoms with Crippen LogP contribution in [0.2, 0.25) is 0 Å². The monoisotopic (exact) mass is 370 g/mol. The molecule has 132 valence electrons. The lowest BCUT2D eigenvalue weighted by Gasteiger charge is -2.12. The Bertz CT molecular complexity index is 1100. The molecular formula is C20H16F2N2OS. The molecule has 3 aromatic heterocycles. The average Bonchev–Trinajstić information content (AvgIpc) is 3.23. The highest BCUT2D eigenvalue weighted by atomic mass is 32.1. The van der Waals surface area contributed by atoms with Crippen molar-refractivity contribution in [3.05, 3.63) is 70.9 Å². The molecule has 4 rings (SSSR count). The molecule has 0 saturated carbocycles. The van der Waals surface area contributed by atoms with Gasteiger partial charge >= 0.3 is 0 Å². The highest BCUT2D eigenvalue weighted by Crippen LogP contribution is 2.32. The van der Waals surface area contributed by atoms with Crippen molar-refractivity contribution in [3.8, 4) is 21.7 Å². The van der Waals surface area contributed by atoms with Crippen LogP contribution in [0.25, 0.3) is 27.3 Å². The number of fused-ring (bicyclic) bond motifs is 1. The van der Waals surface area contributed by atoms with Crippen molar-refractivity contribution in [1.29, 1.82) is 0 Å². The Hall–Kier alpha value is -2.57. The number of pyridine rings is 1. The summed E-state index contributed by atoms with van der Waals surface area (Å²) in [7, 11) is 0. The van der Waals surface area contributed by atoms with Crippen molar-refractivity contribution in [1.82, 2.24) is 9.38 Å². The van der Waals surface area contributed by atoms with Crippen LogP contribution >= 0.6 is 11.3 Å². The second-order valence-corrected chi connectivity index (χ2v) is 7.12. The van der Waals surface area contributed by atoms with E-state index in [1.807, 2.05) is 34.9 Å². The summed E-state index contributed by atoms with van der Waals surface area (Å²) in [4.78, 5) is 5.72. The molecule has 1 atom stereocenters. The highest BCUT2D eigenvalue weighted by Gasteiger charge is 2.19. The maximum absolute atomic E-state index is 14.8. The van der Waals surface area contributed by atoms with Gasteiger partial charge in [-0.25, -0.2) is 13.8 Å². The van der Waals surface area contributed by atoms with E-state index in [1.54, 1.807) is 23.6 Å². The minimum absolute atomic E-state index is 0.245. The van der Waals surface area contributed by atoms with E-state index in [1.165, 1.54) is 19.1 Å². The minimum Gasteiger partial charge on any atom is -0.388 e. The van der Waals surface area contributed by atoms with Gasteiger partial charge in [0.05, 0.1) is 16.5 Å². The van der Waals surface area contributed by atoms with Gasteiger partial charge in [0.15, 0.2) is 0 Å². The Kier molecular flexibility index (Phi) is 4.09. The first-order chi connectivity index (χ1) is 12.5. The predicted molar refractivity (Wildman–Crippen MR) is 99.2 cm³/mol. The zero-order valence-electron chi connectivity index (χ0n) is 14.2. The first-order valence-corrected chi connectivity index (χ1v) is 9.04. The number of benzene rings is 1. The maximum atomic E-state index is 14.8. The molecule has 0 aliphatic rings. The van der Waals surface area contributed by atoms with Crippen LogP contribution in [0.1, 0.15) is 24.3 Å². The summed E-state index contributed by atoms with van der Waals surface area (Å²) in [6.07, 6.45) is 0.566. The lowest BCUT2D eigenvalue weighted by Crippen LogP contribution is -2.02. The molecule has 6 heteroatoms. The predicted octanol–water partition coefficient (Wildman–Crippen LogP) is 5.37. The molecule has 0 aliphatic heterocycles. The molecule has 26 heavy (non-hydrogen) atoms. The van der Waals surface area contributed by atoms with Crippen LogP contribution in [-0.4, -0.2) is 14.5 Å². The van der Waals surface area contributed by atoms with Gasteiger partial charge < -0.3 is 9.51 Å². The number of imidazole rings is 1. The normalized spacial score (nSPS) is 12.7. The number of rotatable bonds is 3. The summed E-state index contributed by atoms with van der Waals surface area (Å²) in [6.45, 7) is 3.31. The van der Waals surface area contributed by atoms with E-state index in [-0.39, 0.29) is 11.1 Å². The van der Waals surface area contributed by atoms with Gasteiger partial charge in [0.25, 0.3) is 0 Å². The van der Waals surface area contributed by atoms with Gasteiger partial charge in [-0.15, -0.1) is 11.3 Å². The topological polar surface area (TPSA) is 37.5 Å². The molecular weight excluding hydrogens is 354 g/mol. The van der Waals surface area contributed by atoms with Crippen LogP contribution in [-0.2, 0) is 0 Å². The van der Waals surface area contributed by atoms with Crippen LogP contribution in [0, 0.1) is 18.6 Å². The van der Waals surface area contributed by atoms with Crippen molar-refractivity contribution < 1.29 is 13.9 Å². The Morgan fingerprint density at radius 3 is 2.65 bits per heavy atom. The first kappa shape index (κ1) is 16.9. The van der Waals surface area contributed by atoms with Crippen LogP contribution < -0.4 is 0 Å². The molecule has 0 amide bonds. The summed E-state index contributed by atoms with van der Waals surface area (Å²) in [5.41, 5.74) is 3.12. The van der Waals surface area contributed by atoms with Crippen molar-refractivity contribution in [2.45, 2.75) is 20.0 Å². The third-order valence-corrected chi connectivity index (χ3v) is 5.34. The van der Waals surface area contributed by atoms with Crippen LogP contribution in [0.5, 0.6) is 0 Å². The lowest BCUT2D eigenvalue weighted by molar-refractivity contribution is 0.188. The van der Waals surface area contributed by atoms with E-state index < -0.39 is 17.7 Å². The Balaban J connectivity index is 1.89. The Morgan fingerprint density at radius 1 is 1.15 bits per heavy atom. The van der Waals surface area contributed by atoms with Gasteiger partial charge in [0, 0.05) is 23.0 Å². The molecule has 3 nitrogen and oxygen atoms in total. The highest BCUT2D eigenvalue weighted by molar-refractivity contribution is 7.13. The molecule has 1 N–H and O–H groups in total. The third kappa shape index (κ3) is 2.62. The number of thiophene rings is 1. The van der Waals surface area contributed by atoms with E-state index in [4.69, 9.17) is 0 Å². The quantitative estimate of drug-likeness (QED) is 0.526. The Labute approximate surface area is 153 Å². The number of nitrogens with zero attached hydrogens (tertiary/aromatic N) is 2. The molecule has 0 fully saturated rings. The fraction of sp³-hybridized carbons (Fsp3) is 0.150. The summed E-state index contributed by atoms with van der Waals surface area (Å²) in [5.74, 6) is -1.49. The largest absolute Gasteiger partial charge is 0.388 e. The van der Waals surface area contributed by atoms with Gasteiger partial charge in [-0.2, -0.15) is 0 Å². The smallest absolute Gasteiger partial charge is 0.139 e. The number of hydrogen-bond acceptors (Lipinski definition) is 3. The van der Waals surface area contributed by atoms with Crippen LogP contribution in [0.4, 0.5) is 8.78 Å². The Morgan fingerprint density at radius 2 is 1.96 bits per heavy atom. The van der Waals surface area contributed by atoms with Crippen LogP contribution in [0.15, 0.2) is 48.0 Å². The number of aromatic nitrogens is 2. The van der Waals surface area contributed by atoms with E-state index in [2.05, 4.69) is 4.98 Å². The molecule has 0 saturated heterocycles. The molecule has 1 aromatic carbocycles. The molecule has 4 aromatic rings. The van der Waals surface area contributed by atoms with E-state index in [0.717, 1.165) is 21.9 Å². The molecule has 0 aliphatic carbocycles. The fourth-order valence-electron chi connectivity index (χ4n) is 3.14. The van der Waals surface area contributed by atoms with Gasteiger partial charge in [0.1, 0.15) is 23.0 Å². The zero-order valence-corrected chi connectivity index (χ0v) is 15.0. The molecule has 0 spiro atoms. The van der Waals surface area contributed by atoms with E-state index in [0.29, 0.717) is 5.56 Å². The van der Waals surface area contributed by atoms with E-state index >= 15 is 0 Å². The summed E-state index contributed by atoms with van der Waals surface area (Å²) in [5, 5.41) is 11.7. The second-order valence-electron chi connectivity index (χ2n) is 6.17. The fourth-order valence-corrected chi connectivity index (χ4v) is 3.91. The number of aliphatic hydroxyl groups excluding tert-OH is 1. The van der Waals surface area contributed by atoms with Gasteiger partial charge in [-0.05, 0) is 49.6 Å². The van der Waals surface area contributed by atoms with Crippen molar-refractivity contribution in [3.63, 3.8) is 0 Å². The van der Waals surface area contributed by atoms with Gasteiger partial charge in [-0.3, -0.25) is 0 Å². The lowest BCUT2D eigenvalue weighted by atomic mass is 10.0. The second kappa shape index (κ2) is 6.30. The number of aliphatic hydroxyl groups is 1. The summed E-state index contributed by atoms with van der Waals surface area (Å²) in [6, 6.07) is 10.1. The first-order valence-electron chi connectivity index (χ1n) is 8.16. The SMILES string of the molecule is Cc1c(-c2cccs2)nc2ccc(-c3ccc(F)c(C(C)O)c3F)cn12. The average molecular weight is 370 g/mol. The van der Waals surface area contributed by atoms with E-state index in [9.17, 15) is 13.9 Å². The number of halogens is 2. The third-order valence-electron chi connectivity index (χ3n) is 4.47. The summed E-state index contributed by atoms with van der Waals surface area (Å²) >= 11 is 1.61. The van der Waals surface area contributed by atoms with Gasteiger partial charge in [-0.1, -0.05) is 6.07 Å². The number of aryl methyl sites for hydroxylation is 1. The maximum Gasteiger partial charge on any atom is 0.139 e.